The zero-order valence-electron chi connectivity index (χ0n) is 17.6. The lowest BCUT2D eigenvalue weighted by Crippen LogP contribution is -2.41. The molecule has 1 fully saturated rings. The molecule has 3 rings (SSSR count). The van der Waals surface area contributed by atoms with Gasteiger partial charge in [-0.15, -0.1) is 24.0 Å². The maximum absolute atomic E-state index is 14.4. The molecule has 0 aromatic heterocycles. The first-order chi connectivity index (χ1) is 14.2. The highest BCUT2D eigenvalue weighted by molar-refractivity contribution is 14.0. The van der Waals surface area contributed by atoms with Crippen LogP contribution in [0.5, 0.6) is 11.5 Å². The molecular formula is C23H31FIN3O2. The Kier molecular flexibility index (Phi) is 10.4. The number of aliphatic imine (C=N–C) groups is 1. The summed E-state index contributed by atoms with van der Waals surface area (Å²) in [4.78, 5) is 6.86. The molecule has 1 aliphatic heterocycles. The smallest absolute Gasteiger partial charge is 0.193 e. The topological polar surface area (TPSA) is 46.1 Å². The number of hydrogen-bond acceptors (Lipinski definition) is 3. The van der Waals surface area contributed by atoms with Crippen molar-refractivity contribution in [3.05, 3.63) is 59.9 Å². The van der Waals surface area contributed by atoms with E-state index >= 15 is 0 Å². The summed E-state index contributed by atoms with van der Waals surface area (Å²) in [5.41, 5.74) is 0.898. The van der Waals surface area contributed by atoms with Gasteiger partial charge in [0.1, 0.15) is 5.75 Å². The van der Waals surface area contributed by atoms with Crippen LogP contribution in [0.4, 0.5) is 4.39 Å². The molecule has 30 heavy (non-hydrogen) atoms. The van der Waals surface area contributed by atoms with Gasteiger partial charge in [-0.05, 0) is 49.6 Å². The molecule has 1 atom stereocenters. The first kappa shape index (κ1) is 24.4. The Bertz CT molecular complexity index is 798. The second-order valence-corrected chi connectivity index (χ2v) is 7.28. The Labute approximate surface area is 195 Å². The van der Waals surface area contributed by atoms with Crippen molar-refractivity contribution < 1.29 is 13.9 Å². The van der Waals surface area contributed by atoms with Gasteiger partial charge in [0, 0.05) is 39.2 Å². The van der Waals surface area contributed by atoms with Crippen molar-refractivity contribution in [2.45, 2.75) is 19.8 Å². The van der Waals surface area contributed by atoms with E-state index < -0.39 is 0 Å². The van der Waals surface area contributed by atoms with Crippen molar-refractivity contribution in [2.75, 3.05) is 39.9 Å². The van der Waals surface area contributed by atoms with Gasteiger partial charge in [0.15, 0.2) is 17.5 Å². The van der Waals surface area contributed by atoms with Crippen LogP contribution in [-0.4, -0.2) is 50.8 Å². The lowest BCUT2D eigenvalue weighted by Gasteiger charge is -2.24. The number of nitrogens with one attached hydrogen (secondary N) is 1. The highest BCUT2D eigenvalue weighted by Gasteiger charge is 2.19. The maximum atomic E-state index is 14.4. The lowest BCUT2D eigenvalue weighted by molar-refractivity contribution is 0.181. The van der Waals surface area contributed by atoms with Gasteiger partial charge in [-0.25, -0.2) is 4.39 Å². The van der Waals surface area contributed by atoms with E-state index in [0.29, 0.717) is 24.6 Å². The molecule has 1 unspecified atom stereocenters. The van der Waals surface area contributed by atoms with E-state index in [1.807, 2.05) is 24.3 Å². The van der Waals surface area contributed by atoms with Gasteiger partial charge in [0.05, 0.1) is 6.61 Å². The summed E-state index contributed by atoms with van der Waals surface area (Å²) in [6.45, 7) is 6.05. The molecule has 0 saturated carbocycles. The molecule has 2 aromatic rings. The van der Waals surface area contributed by atoms with E-state index in [0.717, 1.165) is 44.2 Å². The Morgan fingerprint density at radius 1 is 1.27 bits per heavy atom. The van der Waals surface area contributed by atoms with Crippen LogP contribution in [0, 0.1) is 11.7 Å². The summed E-state index contributed by atoms with van der Waals surface area (Å²) in [7, 11) is 2.05. The van der Waals surface area contributed by atoms with Crippen molar-refractivity contribution in [3.8, 4) is 11.5 Å². The SMILES string of the molecule is CCNC(=NCCc1ccc(Oc2ccccc2)c(F)c1)N(C)CC1CCOC1.I. The Hall–Kier alpha value is -1.87. The van der Waals surface area contributed by atoms with Crippen molar-refractivity contribution in [3.63, 3.8) is 0 Å². The first-order valence-corrected chi connectivity index (χ1v) is 10.2. The number of hydrogen-bond donors (Lipinski definition) is 1. The van der Waals surface area contributed by atoms with Gasteiger partial charge in [-0.1, -0.05) is 24.3 Å². The van der Waals surface area contributed by atoms with Crippen molar-refractivity contribution >= 4 is 29.9 Å². The number of para-hydroxylation sites is 1. The Balaban J connectivity index is 0.00000320. The minimum absolute atomic E-state index is 0. The standard InChI is InChI=1S/C23H30FN3O2.HI/c1-3-25-23(27(2)16-19-12-14-28-17-19)26-13-11-18-9-10-22(21(24)15-18)29-20-7-5-4-6-8-20;/h4-10,15,19H,3,11-14,16-17H2,1-2H3,(H,25,26);1H. The third kappa shape index (κ3) is 7.43. The molecule has 0 bridgehead atoms. The highest BCUT2D eigenvalue weighted by atomic mass is 127. The molecule has 1 saturated heterocycles. The molecule has 164 valence electrons. The summed E-state index contributed by atoms with van der Waals surface area (Å²) in [6.07, 6.45) is 1.76. The van der Waals surface area contributed by atoms with Crippen LogP contribution in [0.25, 0.3) is 0 Å². The van der Waals surface area contributed by atoms with Gasteiger partial charge in [0.2, 0.25) is 0 Å². The largest absolute Gasteiger partial charge is 0.454 e. The van der Waals surface area contributed by atoms with E-state index in [-0.39, 0.29) is 35.5 Å². The highest BCUT2D eigenvalue weighted by Crippen LogP contribution is 2.25. The van der Waals surface area contributed by atoms with Crippen LogP contribution in [0.3, 0.4) is 0 Å². The number of rotatable bonds is 8. The second-order valence-electron chi connectivity index (χ2n) is 7.28. The zero-order chi connectivity index (χ0) is 20.5. The fraction of sp³-hybridized carbons (Fsp3) is 0.435. The Morgan fingerprint density at radius 2 is 2.07 bits per heavy atom. The van der Waals surface area contributed by atoms with Crippen LogP contribution in [0.15, 0.2) is 53.5 Å². The molecule has 0 aliphatic carbocycles. The van der Waals surface area contributed by atoms with E-state index in [4.69, 9.17) is 14.5 Å². The molecule has 0 radical (unpaired) electrons. The maximum Gasteiger partial charge on any atom is 0.193 e. The van der Waals surface area contributed by atoms with Gasteiger partial charge >= 0.3 is 0 Å². The summed E-state index contributed by atoms with van der Waals surface area (Å²) >= 11 is 0. The van der Waals surface area contributed by atoms with Gasteiger partial charge < -0.3 is 19.7 Å². The summed E-state index contributed by atoms with van der Waals surface area (Å²) < 4.78 is 25.5. The molecule has 5 nitrogen and oxygen atoms in total. The average molecular weight is 527 g/mol. The van der Waals surface area contributed by atoms with Crippen molar-refractivity contribution in [1.82, 2.24) is 10.2 Å². The first-order valence-electron chi connectivity index (χ1n) is 10.2. The normalized spacial score (nSPS) is 16.1. The monoisotopic (exact) mass is 527 g/mol. The summed E-state index contributed by atoms with van der Waals surface area (Å²) in [5, 5.41) is 3.33. The number of halogens is 2. The summed E-state index contributed by atoms with van der Waals surface area (Å²) in [5.74, 6) is 1.92. The molecule has 1 heterocycles. The van der Waals surface area contributed by atoms with Gasteiger partial charge in [-0.2, -0.15) is 0 Å². The predicted molar refractivity (Wildman–Crippen MR) is 130 cm³/mol. The van der Waals surface area contributed by atoms with E-state index in [2.05, 4.69) is 24.2 Å². The fourth-order valence-corrected chi connectivity index (χ4v) is 3.36. The van der Waals surface area contributed by atoms with Crippen LogP contribution in [-0.2, 0) is 11.2 Å². The van der Waals surface area contributed by atoms with Crippen LogP contribution in [0.2, 0.25) is 0 Å². The Morgan fingerprint density at radius 3 is 2.73 bits per heavy atom. The van der Waals surface area contributed by atoms with E-state index in [1.165, 1.54) is 6.07 Å². The van der Waals surface area contributed by atoms with Gasteiger partial charge in [-0.3, -0.25) is 4.99 Å². The molecule has 7 heteroatoms. The minimum Gasteiger partial charge on any atom is -0.454 e. The number of guanidine groups is 1. The quantitative estimate of drug-likeness (QED) is 0.307. The predicted octanol–water partition coefficient (Wildman–Crippen LogP) is 4.71. The number of benzene rings is 2. The zero-order valence-corrected chi connectivity index (χ0v) is 20.0. The summed E-state index contributed by atoms with van der Waals surface area (Å²) in [6, 6.07) is 14.3. The molecule has 1 aliphatic rings. The van der Waals surface area contributed by atoms with Gasteiger partial charge in [0.25, 0.3) is 0 Å². The molecular weight excluding hydrogens is 496 g/mol. The molecule has 1 N–H and O–H groups in total. The van der Waals surface area contributed by atoms with Crippen molar-refractivity contribution in [2.24, 2.45) is 10.9 Å². The van der Waals surface area contributed by atoms with E-state index in [1.54, 1.807) is 18.2 Å². The third-order valence-corrected chi connectivity index (χ3v) is 4.88. The third-order valence-electron chi connectivity index (χ3n) is 4.88. The lowest BCUT2D eigenvalue weighted by atomic mass is 10.1. The number of ether oxygens (including phenoxy) is 2. The minimum atomic E-state index is -0.361. The van der Waals surface area contributed by atoms with Crippen LogP contribution < -0.4 is 10.1 Å². The second kappa shape index (κ2) is 12.7. The molecule has 0 amide bonds. The number of nitrogens with zero attached hydrogens (tertiary/aromatic N) is 2. The van der Waals surface area contributed by atoms with Crippen LogP contribution in [0.1, 0.15) is 18.9 Å². The molecule has 0 spiro atoms. The average Bonchev–Trinajstić information content (AvgIpc) is 3.23. The van der Waals surface area contributed by atoms with E-state index in [9.17, 15) is 4.39 Å². The molecule has 2 aromatic carbocycles. The van der Waals surface area contributed by atoms with Crippen molar-refractivity contribution in [1.29, 1.82) is 0 Å². The fourth-order valence-electron chi connectivity index (χ4n) is 3.36. The van der Waals surface area contributed by atoms with Crippen LogP contribution >= 0.6 is 24.0 Å².